The second-order valence-electron chi connectivity index (χ2n) is 4.80. The lowest BCUT2D eigenvalue weighted by Gasteiger charge is -2.08. The lowest BCUT2D eigenvalue weighted by atomic mass is 10.2. The lowest BCUT2D eigenvalue weighted by Crippen LogP contribution is -2.04. The summed E-state index contributed by atoms with van der Waals surface area (Å²) in [6.45, 7) is 3.48. The van der Waals surface area contributed by atoms with Gasteiger partial charge in [0.15, 0.2) is 0 Å². The van der Waals surface area contributed by atoms with Crippen LogP contribution in [0.1, 0.15) is 5.56 Å². The molecule has 0 spiro atoms. The minimum Gasteiger partial charge on any atom is -0.497 e. The van der Waals surface area contributed by atoms with Gasteiger partial charge in [0.1, 0.15) is 17.2 Å². The summed E-state index contributed by atoms with van der Waals surface area (Å²) in [7, 11) is 1.66. The molecule has 4 heteroatoms. The standard InChI is InChI=1S/C18H22O3S/c1-15-4-3-5-18(14-15)21-11-13-22-12-10-20-17-8-6-16(19-2)7-9-17/h3-9,14H,10-13H2,1-2H3. The Morgan fingerprint density at radius 3 is 2.09 bits per heavy atom. The summed E-state index contributed by atoms with van der Waals surface area (Å²) in [5.74, 6) is 4.56. The third kappa shape index (κ3) is 5.90. The maximum absolute atomic E-state index is 5.70. The van der Waals surface area contributed by atoms with Crippen molar-refractivity contribution in [1.29, 1.82) is 0 Å². The Kier molecular flexibility index (Phi) is 6.97. The van der Waals surface area contributed by atoms with Crippen molar-refractivity contribution in [3.05, 3.63) is 54.1 Å². The van der Waals surface area contributed by atoms with Crippen molar-refractivity contribution in [2.75, 3.05) is 31.8 Å². The first-order valence-corrected chi connectivity index (χ1v) is 8.47. The van der Waals surface area contributed by atoms with E-state index in [1.165, 1.54) is 5.56 Å². The van der Waals surface area contributed by atoms with Crippen LogP contribution in [0.15, 0.2) is 48.5 Å². The monoisotopic (exact) mass is 318 g/mol. The van der Waals surface area contributed by atoms with Gasteiger partial charge in [-0.1, -0.05) is 12.1 Å². The molecule has 0 radical (unpaired) electrons. The van der Waals surface area contributed by atoms with E-state index >= 15 is 0 Å². The molecular weight excluding hydrogens is 296 g/mol. The van der Waals surface area contributed by atoms with Crippen molar-refractivity contribution in [2.45, 2.75) is 6.92 Å². The van der Waals surface area contributed by atoms with E-state index in [1.54, 1.807) is 7.11 Å². The predicted octanol–water partition coefficient (Wildman–Crippen LogP) is 4.19. The Bertz CT molecular complexity index is 555. The van der Waals surface area contributed by atoms with Gasteiger partial charge in [-0.05, 0) is 48.9 Å². The minimum atomic E-state index is 0.696. The smallest absolute Gasteiger partial charge is 0.119 e. The first-order chi connectivity index (χ1) is 10.8. The fraction of sp³-hybridized carbons (Fsp3) is 0.333. The number of hydrogen-bond acceptors (Lipinski definition) is 4. The molecule has 0 aliphatic carbocycles. The summed E-state index contributed by atoms with van der Waals surface area (Å²) in [5, 5.41) is 0. The summed E-state index contributed by atoms with van der Waals surface area (Å²) < 4.78 is 16.5. The predicted molar refractivity (Wildman–Crippen MR) is 92.5 cm³/mol. The molecule has 0 aliphatic heterocycles. The highest BCUT2D eigenvalue weighted by molar-refractivity contribution is 7.99. The van der Waals surface area contributed by atoms with Gasteiger partial charge in [-0.2, -0.15) is 11.8 Å². The zero-order chi connectivity index (χ0) is 15.6. The number of rotatable bonds is 9. The van der Waals surface area contributed by atoms with Crippen molar-refractivity contribution in [3.8, 4) is 17.2 Å². The molecule has 0 atom stereocenters. The number of aryl methyl sites for hydroxylation is 1. The number of hydrogen-bond donors (Lipinski definition) is 0. The highest BCUT2D eigenvalue weighted by atomic mass is 32.2. The van der Waals surface area contributed by atoms with Crippen LogP contribution in [0.5, 0.6) is 17.2 Å². The van der Waals surface area contributed by atoms with E-state index in [4.69, 9.17) is 14.2 Å². The molecule has 0 amide bonds. The van der Waals surface area contributed by atoms with Crippen LogP contribution in [0.3, 0.4) is 0 Å². The van der Waals surface area contributed by atoms with Gasteiger partial charge >= 0.3 is 0 Å². The van der Waals surface area contributed by atoms with Crippen LogP contribution in [0.25, 0.3) is 0 Å². The molecule has 0 fully saturated rings. The maximum Gasteiger partial charge on any atom is 0.119 e. The Hall–Kier alpha value is -1.81. The van der Waals surface area contributed by atoms with E-state index < -0.39 is 0 Å². The second kappa shape index (κ2) is 9.26. The van der Waals surface area contributed by atoms with Gasteiger partial charge in [-0.15, -0.1) is 0 Å². The number of methoxy groups -OCH3 is 1. The van der Waals surface area contributed by atoms with Gasteiger partial charge in [-0.25, -0.2) is 0 Å². The Balaban J connectivity index is 1.54. The molecule has 2 aromatic rings. The quantitative estimate of drug-likeness (QED) is 0.648. The van der Waals surface area contributed by atoms with Crippen LogP contribution >= 0.6 is 11.8 Å². The Morgan fingerprint density at radius 1 is 0.818 bits per heavy atom. The summed E-state index contributed by atoms with van der Waals surface area (Å²) in [6.07, 6.45) is 0. The molecule has 2 aromatic carbocycles. The fourth-order valence-corrected chi connectivity index (χ4v) is 2.52. The number of benzene rings is 2. The summed E-state index contributed by atoms with van der Waals surface area (Å²) in [6, 6.07) is 15.8. The van der Waals surface area contributed by atoms with Gasteiger partial charge in [-0.3, -0.25) is 0 Å². The van der Waals surface area contributed by atoms with E-state index in [1.807, 2.05) is 48.2 Å². The van der Waals surface area contributed by atoms with Crippen molar-refractivity contribution in [1.82, 2.24) is 0 Å². The van der Waals surface area contributed by atoms with Crippen molar-refractivity contribution < 1.29 is 14.2 Å². The number of ether oxygens (including phenoxy) is 3. The minimum absolute atomic E-state index is 0.696. The van der Waals surface area contributed by atoms with Crippen molar-refractivity contribution in [2.24, 2.45) is 0 Å². The molecule has 118 valence electrons. The third-order valence-corrected chi connectivity index (χ3v) is 3.95. The molecule has 0 saturated heterocycles. The van der Waals surface area contributed by atoms with Gasteiger partial charge in [0.05, 0.1) is 20.3 Å². The van der Waals surface area contributed by atoms with E-state index in [9.17, 15) is 0 Å². The molecule has 0 saturated carbocycles. The van der Waals surface area contributed by atoms with E-state index in [0.29, 0.717) is 6.61 Å². The molecule has 0 heterocycles. The van der Waals surface area contributed by atoms with E-state index in [2.05, 4.69) is 19.1 Å². The van der Waals surface area contributed by atoms with Crippen molar-refractivity contribution in [3.63, 3.8) is 0 Å². The largest absolute Gasteiger partial charge is 0.497 e. The summed E-state index contributed by atoms with van der Waals surface area (Å²) in [4.78, 5) is 0. The van der Waals surface area contributed by atoms with Crippen LogP contribution in [-0.2, 0) is 0 Å². The molecule has 3 nitrogen and oxygen atoms in total. The average molecular weight is 318 g/mol. The molecule has 0 unspecified atom stereocenters. The zero-order valence-corrected chi connectivity index (χ0v) is 13.9. The molecule has 0 aromatic heterocycles. The molecular formula is C18H22O3S. The molecule has 0 aliphatic rings. The van der Waals surface area contributed by atoms with Crippen LogP contribution in [0.2, 0.25) is 0 Å². The molecule has 0 bridgehead atoms. The molecule has 2 rings (SSSR count). The summed E-state index contributed by atoms with van der Waals surface area (Å²) in [5.41, 5.74) is 1.22. The maximum atomic E-state index is 5.70. The van der Waals surface area contributed by atoms with E-state index in [0.717, 1.165) is 35.4 Å². The average Bonchev–Trinajstić information content (AvgIpc) is 2.54. The number of thioether (sulfide) groups is 1. The van der Waals surface area contributed by atoms with Gasteiger partial charge in [0, 0.05) is 11.5 Å². The SMILES string of the molecule is COc1ccc(OCCSCCOc2cccc(C)c2)cc1. The highest BCUT2D eigenvalue weighted by Gasteiger charge is 1.97. The van der Waals surface area contributed by atoms with Gasteiger partial charge < -0.3 is 14.2 Å². The van der Waals surface area contributed by atoms with Crippen molar-refractivity contribution >= 4 is 11.8 Å². The van der Waals surface area contributed by atoms with Gasteiger partial charge in [0.2, 0.25) is 0 Å². The van der Waals surface area contributed by atoms with Crippen LogP contribution in [-0.4, -0.2) is 31.8 Å². The first kappa shape index (κ1) is 16.6. The molecule has 22 heavy (non-hydrogen) atoms. The van der Waals surface area contributed by atoms with Crippen LogP contribution < -0.4 is 14.2 Å². The third-order valence-electron chi connectivity index (χ3n) is 3.04. The lowest BCUT2D eigenvalue weighted by molar-refractivity contribution is 0.338. The zero-order valence-electron chi connectivity index (χ0n) is 13.1. The normalized spacial score (nSPS) is 10.3. The van der Waals surface area contributed by atoms with E-state index in [-0.39, 0.29) is 0 Å². The van der Waals surface area contributed by atoms with Crippen LogP contribution in [0, 0.1) is 6.92 Å². The first-order valence-electron chi connectivity index (χ1n) is 7.32. The summed E-state index contributed by atoms with van der Waals surface area (Å²) >= 11 is 1.83. The van der Waals surface area contributed by atoms with Crippen LogP contribution in [0.4, 0.5) is 0 Å². The second-order valence-corrected chi connectivity index (χ2v) is 6.03. The highest BCUT2D eigenvalue weighted by Crippen LogP contribution is 2.17. The Morgan fingerprint density at radius 2 is 1.45 bits per heavy atom. The Labute approximate surface area is 136 Å². The molecule has 0 N–H and O–H groups in total. The van der Waals surface area contributed by atoms with Gasteiger partial charge in [0.25, 0.3) is 0 Å². The topological polar surface area (TPSA) is 27.7 Å². The fourth-order valence-electron chi connectivity index (χ4n) is 1.92.